The molecular weight excluding hydrogens is 308 g/mol. The van der Waals surface area contributed by atoms with Crippen molar-refractivity contribution in [2.24, 2.45) is 0 Å². The molecule has 0 saturated heterocycles. The molecule has 0 atom stereocenters. The van der Waals surface area contributed by atoms with E-state index in [9.17, 15) is 4.79 Å². The highest BCUT2D eigenvalue weighted by molar-refractivity contribution is 7.11. The smallest absolute Gasteiger partial charge is 0.258 e. The molecule has 21 heavy (non-hydrogen) atoms. The van der Waals surface area contributed by atoms with Gasteiger partial charge < -0.3 is 16.4 Å². The van der Waals surface area contributed by atoms with Crippen LogP contribution in [0.2, 0.25) is 5.02 Å². The Morgan fingerprint density at radius 1 is 1.43 bits per heavy atom. The minimum Gasteiger partial charge on any atom is -0.382 e. The van der Waals surface area contributed by atoms with Gasteiger partial charge in [0.1, 0.15) is 10.6 Å². The van der Waals surface area contributed by atoms with Crippen LogP contribution >= 0.6 is 23.1 Å². The molecule has 0 bridgehead atoms. The van der Waals surface area contributed by atoms with E-state index in [1.54, 1.807) is 0 Å². The van der Waals surface area contributed by atoms with Gasteiger partial charge in [-0.25, -0.2) is 0 Å². The molecule has 0 spiro atoms. The van der Waals surface area contributed by atoms with Gasteiger partial charge in [0.25, 0.3) is 5.91 Å². The van der Waals surface area contributed by atoms with Gasteiger partial charge in [-0.05, 0) is 36.0 Å². The van der Waals surface area contributed by atoms with Crippen LogP contribution in [0, 0.1) is 0 Å². The molecule has 1 amide bonds. The predicted molar refractivity (Wildman–Crippen MR) is 85.8 cm³/mol. The third-order valence-corrected chi connectivity index (χ3v) is 4.44. The molecule has 1 aliphatic carbocycles. The average molecular weight is 323 g/mol. The zero-order chi connectivity index (χ0) is 14.8. The van der Waals surface area contributed by atoms with Crippen molar-refractivity contribution in [3.05, 3.63) is 40.4 Å². The summed E-state index contributed by atoms with van der Waals surface area (Å²) in [7, 11) is 0. The van der Waals surface area contributed by atoms with E-state index in [1.807, 2.05) is 24.3 Å². The molecule has 0 radical (unpaired) electrons. The minimum absolute atomic E-state index is 0.162. The Morgan fingerprint density at radius 3 is 2.90 bits per heavy atom. The van der Waals surface area contributed by atoms with Gasteiger partial charge in [-0.15, -0.1) is 0 Å². The second-order valence-electron chi connectivity index (χ2n) is 4.96. The Kier molecular flexibility index (Phi) is 3.98. The zero-order valence-corrected chi connectivity index (χ0v) is 12.8. The van der Waals surface area contributed by atoms with Gasteiger partial charge in [-0.2, -0.15) is 4.37 Å². The number of carbonyl (C=O) groups is 1. The quantitative estimate of drug-likeness (QED) is 0.790. The maximum absolute atomic E-state index is 12.2. The summed E-state index contributed by atoms with van der Waals surface area (Å²) in [6, 6.07) is 7.85. The number of nitrogen functional groups attached to an aromatic ring is 1. The van der Waals surface area contributed by atoms with Gasteiger partial charge in [-0.1, -0.05) is 29.8 Å². The van der Waals surface area contributed by atoms with E-state index in [0.717, 1.165) is 18.4 Å². The van der Waals surface area contributed by atoms with Crippen LogP contribution < -0.4 is 16.4 Å². The maximum Gasteiger partial charge on any atom is 0.258 e. The van der Waals surface area contributed by atoms with E-state index in [2.05, 4.69) is 15.0 Å². The number of nitrogens with one attached hydrogen (secondary N) is 2. The van der Waals surface area contributed by atoms with Crippen molar-refractivity contribution in [3.63, 3.8) is 0 Å². The summed E-state index contributed by atoms with van der Waals surface area (Å²) in [5, 5.41) is 7.48. The van der Waals surface area contributed by atoms with E-state index in [0.29, 0.717) is 22.1 Å². The lowest BCUT2D eigenvalue weighted by Crippen LogP contribution is -2.26. The van der Waals surface area contributed by atoms with Gasteiger partial charge >= 0.3 is 0 Å². The Hall–Kier alpha value is -1.79. The SMILES string of the molecule is Nc1nsc(NCc2ccccc2Cl)c1C(=O)NC1CC1. The standard InChI is InChI=1S/C14H15ClN4OS/c15-10-4-2-1-3-8(10)7-17-14-11(12(16)19-21-14)13(20)18-9-5-6-9/h1-4,9,17H,5-7H2,(H2,16,19)(H,18,20). The number of aromatic nitrogens is 1. The first kappa shape index (κ1) is 14.2. The number of nitrogens with two attached hydrogens (primary N) is 1. The number of benzene rings is 1. The fourth-order valence-corrected chi connectivity index (χ4v) is 2.85. The van der Waals surface area contributed by atoms with E-state index < -0.39 is 0 Å². The fraction of sp³-hybridized carbons (Fsp3) is 0.286. The van der Waals surface area contributed by atoms with E-state index in [-0.39, 0.29) is 17.8 Å². The van der Waals surface area contributed by atoms with Crippen LogP contribution in [0.4, 0.5) is 10.8 Å². The number of carbonyl (C=O) groups excluding carboxylic acids is 1. The second kappa shape index (κ2) is 5.91. The van der Waals surface area contributed by atoms with Crippen LogP contribution in [0.3, 0.4) is 0 Å². The van der Waals surface area contributed by atoms with Crippen molar-refractivity contribution in [2.45, 2.75) is 25.4 Å². The van der Waals surface area contributed by atoms with Crippen LogP contribution in [0.1, 0.15) is 28.8 Å². The summed E-state index contributed by atoms with van der Waals surface area (Å²) in [6.45, 7) is 0.519. The van der Waals surface area contributed by atoms with Crippen molar-refractivity contribution in [3.8, 4) is 0 Å². The van der Waals surface area contributed by atoms with Gasteiger partial charge in [-0.3, -0.25) is 4.79 Å². The molecule has 110 valence electrons. The lowest BCUT2D eigenvalue weighted by atomic mass is 10.2. The number of hydrogen-bond donors (Lipinski definition) is 3. The monoisotopic (exact) mass is 322 g/mol. The zero-order valence-electron chi connectivity index (χ0n) is 11.2. The third kappa shape index (κ3) is 3.28. The normalized spacial score (nSPS) is 14.0. The average Bonchev–Trinajstić information content (AvgIpc) is 3.19. The van der Waals surface area contributed by atoms with Crippen molar-refractivity contribution in [1.82, 2.24) is 9.69 Å². The van der Waals surface area contributed by atoms with Gasteiger partial charge in [0.2, 0.25) is 0 Å². The van der Waals surface area contributed by atoms with E-state index >= 15 is 0 Å². The Morgan fingerprint density at radius 2 is 2.19 bits per heavy atom. The number of rotatable bonds is 5. The molecule has 1 aromatic carbocycles. The van der Waals surface area contributed by atoms with E-state index in [4.69, 9.17) is 17.3 Å². The van der Waals surface area contributed by atoms with Gasteiger partial charge in [0.15, 0.2) is 5.82 Å². The first-order valence-electron chi connectivity index (χ1n) is 6.68. The first-order valence-corrected chi connectivity index (χ1v) is 7.83. The summed E-state index contributed by atoms with van der Waals surface area (Å²) in [5.41, 5.74) is 7.20. The second-order valence-corrected chi connectivity index (χ2v) is 6.15. The van der Waals surface area contributed by atoms with Gasteiger partial charge in [0.05, 0.1) is 0 Å². The van der Waals surface area contributed by atoms with Crippen LogP contribution in [0.25, 0.3) is 0 Å². The molecule has 7 heteroatoms. The van der Waals surface area contributed by atoms with Crippen molar-refractivity contribution in [2.75, 3.05) is 11.1 Å². The molecule has 0 aliphatic heterocycles. The molecule has 5 nitrogen and oxygen atoms in total. The first-order chi connectivity index (χ1) is 10.1. The molecule has 1 aromatic heterocycles. The minimum atomic E-state index is -0.162. The van der Waals surface area contributed by atoms with E-state index in [1.165, 1.54) is 11.5 Å². The lowest BCUT2D eigenvalue weighted by Gasteiger charge is -2.08. The highest BCUT2D eigenvalue weighted by Crippen LogP contribution is 2.29. The topological polar surface area (TPSA) is 80.0 Å². The number of hydrogen-bond acceptors (Lipinski definition) is 5. The molecule has 4 N–H and O–H groups in total. The largest absolute Gasteiger partial charge is 0.382 e. The van der Waals surface area contributed by atoms with Crippen molar-refractivity contribution >= 4 is 39.9 Å². The number of amides is 1. The molecule has 2 aromatic rings. The highest BCUT2D eigenvalue weighted by atomic mass is 35.5. The lowest BCUT2D eigenvalue weighted by molar-refractivity contribution is 0.0953. The van der Waals surface area contributed by atoms with Crippen LogP contribution in [0.5, 0.6) is 0 Å². The van der Waals surface area contributed by atoms with Crippen molar-refractivity contribution < 1.29 is 4.79 Å². The van der Waals surface area contributed by atoms with Crippen LogP contribution in [-0.2, 0) is 6.54 Å². The number of nitrogens with zero attached hydrogens (tertiary/aromatic N) is 1. The summed E-state index contributed by atoms with van der Waals surface area (Å²) in [5.74, 6) is 0.102. The summed E-state index contributed by atoms with van der Waals surface area (Å²) < 4.78 is 4.06. The molecule has 1 saturated carbocycles. The van der Waals surface area contributed by atoms with Gasteiger partial charge in [0, 0.05) is 17.6 Å². The fourth-order valence-electron chi connectivity index (χ4n) is 1.95. The highest BCUT2D eigenvalue weighted by Gasteiger charge is 2.27. The maximum atomic E-state index is 12.2. The molecule has 1 fully saturated rings. The van der Waals surface area contributed by atoms with Crippen LogP contribution in [-0.4, -0.2) is 16.3 Å². The predicted octanol–water partition coefficient (Wildman–Crippen LogP) is 2.88. The summed E-state index contributed by atoms with van der Waals surface area (Å²) in [4.78, 5) is 12.2. The molecular formula is C14H15ClN4OS. The Labute approximate surface area is 131 Å². The molecule has 0 unspecified atom stereocenters. The Bertz CT molecular complexity index is 669. The van der Waals surface area contributed by atoms with Crippen LogP contribution in [0.15, 0.2) is 24.3 Å². The number of anilines is 2. The summed E-state index contributed by atoms with van der Waals surface area (Å²) in [6.07, 6.45) is 2.07. The van der Waals surface area contributed by atoms with Crippen molar-refractivity contribution in [1.29, 1.82) is 0 Å². The summed E-state index contributed by atoms with van der Waals surface area (Å²) >= 11 is 7.31. The molecule has 1 aliphatic rings. The molecule has 3 rings (SSSR count). The molecule has 1 heterocycles. The Balaban J connectivity index is 1.73. The number of halogens is 1. The third-order valence-electron chi connectivity index (χ3n) is 3.26.